The van der Waals surface area contributed by atoms with E-state index < -0.39 is 10.0 Å². The Morgan fingerprint density at radius 1 is 1.42 bits per heavy atom. The maximum absolute atomic E-state index is 12.3. The molecule has 106 valence electrons. The van der Waals surface area contributed by atoms with Crippen LogP contribution in [-0.4, -0.2) is 46.6 Å². The van der Waals surface area contributed by atoms with Gasteiger partial charge >= 0.3 is 0 Å². The van der Waals surface area contributed by atoms with Gasteiger partial charge in [0, 0.05) is 12.6 Å². The highest BCUT2D eigenvalue weighted by Gasteiger charge is 2.26. The number of nitrogens with zero attached hydrogens (tertiary/aromatic N) is 1. The van der Waals surface area contributed by atoms with Crippen molar-refractivity contribution in [2.75, 3.05) is 27.2 Å². The SMILES string of the molecule is COc1ccc(S(=O)(=O)NC2CCN(C)C2)c(C)c1. The molecule has 1 heterocycles. The number of nitrogens with one attached hydrogen (secondary N) is 1. The van der Waals surface area contributed by atoms with Crippen LogP contribution in [0.25, 0.3) is 0 Å². The summed E-state index contributed by atoms with van der Waals surface area (Å²) in [5, 5.41) is 0. The maximum Gasteiger partial charge on any atom is 0.241 e. The predicted molar refractivity (Wildman–Crippen MR) is 74.0 cm³/mol. The van der Waals surface area contributed by atoms with Gasteiger partial charge in [0.25, 0.3) is 0 Å². The van der Waals surface area contributed by atoms with Crippen molar-refractivity contribution in [1.29, 1.82) is 0 Å². The van der Waals surface area contributed by atoms with Crippen molar-refractivity contribution >= 4 is 10.0 Å². The third-order valence-corrected chi connectivity index (χ3v) is 5.07. The number of benzene rings is 1. The molecule has 0 aromatic heterocycles. The molecule has 1 atom stereocenters. The molecule has 0 aliphatic carbocycles. The number of methoxy groups -OCH3 is 1. The van der Waals surface area contributed by atoms with Crippen molar-refractivity contribution in [2.24, 2.45) is 0 Å². The van der Waals surface area contributed by atoms with E-state index >= 15 is 0 Å². The monoisotopic (exact) mass is 284 g/mol. The Labute approximate surface area is 114 Å². The van der Waals surface area contributed by atoms with Crippen LogP contribution in [0.5, 0.6) is 5.75 Å². The first-order valence-electron chi connectivity index (χ1n) is 6.28. The highest BCUT2D eigenvalue weighted by atomic mass is 32.2. The van der Waals surface area contributed by atoms with Crippen molar-refractivity contribution in [3.05, 3.63) is 23.8 Å². The molecule has 19 heavy (non-hydrogen) atoms. The minimum absolute atomic E-state index is 0.00324. The fraction of sp³-hybridized carbons (Fsp3) is 0.538. The van der Waals surface area contributed by atoms with E-state index in [1.54, 1.807) is 32.2 Å². The Morgan fingerprint density at radius 3 is 2.68 bits per heavy atom. The Bertz CT molecular complexity index is 557. The summed E-state index contributed by atoms with van der Waals surface area (Å²) in [4.78, 5) is 2.44. The first-order chi connectivity index (χ1) is 8.92. The smallest absolute Gasteiger partial charge is 0.241 e. The summed E-state index contributed by atoms with van der Waals surface area (Å²) >= 11 is 0. The molecule has 1 unspecified atom stereocenters. The number of rotatable bonds is 4. The van der Waals surface area contributed by atoms with Gasteiger partial charge in [-0.25, -0.2) is 13.1 Å². The fourth-order valence-electron chi connectivity index (χ4n) is 2.36. The second kappa shape index (κ2) is 5.48. The average molecular weight is 284 g/mol. The second-order valence-electron chi connectivity index (χ2n) is 5.00. The number of likely N-dealkylation sites (tertiary alicyclic amines) is 1. The van der Waals surface area contributed by atoms with Gasteiger partial charge < -0.3 is 9.64 Å². The van der Waals surface area contributed by atoms with Gasteiger partial charge in [-0.3, -0.25) is 0 Å². The number of sulfonamides is 1. The first kappa shape index (κ1) is 14.3. The highest BCUT2D eigenvalue weighted by molar-refractivity contribution is 7.89. The lowest BCUT2D eigenvalue weighted by molar-refractivity contribution is 0.407. The van der Waals surface area contributed by atoms with E-state index in [2.05, 4.69) is 9.62 Å². The van der Waals surface area contributed by atoms with Gasteiger partial charge in [-0.2, -0.15) is 0 Å². The van der Waals surface area contributed by atoms with Crippen LogP contribution in [0, 0.1) is 6.92 Å². The van der Waals surface area contributed by atoms with E-state index in [4.69, 9.17) is 4.74 Å². The molecule has 2 rings (SSSR count). The molecule has 0 bridgehead atoms. The molecule has 6 heteroatoms. The van der Waals surface area contributed by atoms with Crippen LogP contribution in [0.15, 0.2) is 23.1 Å². The summed E-state index contributed by atoms with van der Waals surface area (Å²) in [6.07, 6.45) is 0.852. The highest BCUT2D eigenvalue weighted by Crippen LogP contribution is 2.21. The van der Waals surface area contributed by atoms with Crippen LogP contribution >= 0.6 is 0 Å². The zero-order chi connectivity index (χ0) is 14.0. The molecular weight excluding hydrogens is 264 g/mol. The summed E-state index contributed by atoms with van der Waals surface area (Å²) in [6.45, 7) is 3.46. The Kier molecular flexibility index (Phi) is 4.13. The molecule has 1 aromatic rings. The van der Waals surface area contributed by atoms with Crippen molar-refractivity contribution in [1.82, 2.24) is 9.62 Å². The molecule has 1 saturated heterocycles. The van der Waals surface area contributed by atoms with E-state index in [1.165, 1.54) is 0 Å². The van der Waals surface area contributed by atoms with Crippen LogP contribution in [0.1, 0.15) is 12.0 Å². The van der Waals surface area contributed by atoms with Crippen LogP contribution in [0.4, 0.5) is 0 Å². The average Bonchev–Trinajstić information content (AvgIpc) is 2.73. The molecule has 1 aliphatic rings. The van der Waals surface area contributed by atoms with E-state index in [-0.39, 0.29) is 6.04 Å². The van der Waals surface area contributed by atoms with Crippen LogP contribution in [0.2, 0.25) is 0 Å². The predicted octanol–water partition coefficient (Wildman–Crippen LogP) is 0.986. The third-order valence-electron chi connectivity index (χ3n) is 3.38. The van der Waals surface area contributed by atoms with Crippen molar-refractivity contribution in [3.8, 4) is 5.75 Å². The van der Waals surface area contributed by atoms with E-state index in [0.29, 0.717) is 16.2 Å². The van der Waals surface area contributed by atoms with Gasteiger partial charge in [-0.1, -0.05) is 0 Å². The van der Waals surface area contributed by atoms with Gasteiger partial charge in [0.1, 0.15) is 5.75 Å². The zero-order valence-corrected chi connectivity index (χ0v) is 12.3. The Morgan fingerprint density at radius 2 is 2.16 bits per heavy atom. The summed E-state index contributed by atoms with van der Waals surface area (Å²) in [7, 11) is 0.103. The quantitative estimate of drug-likeness (QED) is 0.895. The molecule has 1 fully saturated rings. The third kappa shape index (κ3) is 3.26. The number of aryl methyl sites for hydroxylation is 1. The Hall–Kier alpha value is -1.11. The van der Waals surface area contributed by atoms with Crippen LogP contribution < -0.4 is 9.46 Å². The first-order valence-corrected chi connectivity index (χ1v) is 7.76. The van der Waals surface area contributed by atoms with Crippen molar-refractivity contribution in [3.63, 3.8) is 0 Å². The van der Waals surface area contributed by atoms with Gasteiger partial charge in [-0.05, 0) is 50.7 Å². The molecule has 0 radical (unpaired) electrons. The summed E-state index contributed by atoms with van der Waals surface area (Å²) in [5.74, 6) is 0.664. The minimum atomic E-state index is -3.46. The van der Waals surface area contributed by atoms with Gasteiger partial charge in [0.2, 0.25) is 10.0 Å². The molecule has 0 saturated carbocycles. The molecule has 1 N–H and O–H groups in total. The number of likely N-dealkylation sites (N-methyl/N-ethyl adjacent to an activating group) is 1. The molecular formula is C13H20N2O3S. The normalized spacial score (nSPS) is 20.7. The summed E-state index contributed by atoms with van der Waals surface area (Å²) in [6, 6.07) is 4.99. The molecule has 1 aromatic carbocycles. The van der Waals surface area contributed by atoms with Crippen molar-refractivity contribution in [2.45, 2.75) is 24.3 Å². The maximum atomic E-state index is 12.3. The van der Waals surface area contributed by atoms with Gasteiger partial charge in [0.15, 0.2) is 0 Å². The minimum Gasteiger partial charge on any atom is -0.497 e. The summed E-state index contributed by atoms with van der Waals surface area (Å²) in [5.41, 5.74) is 0.693. The van der Waals surface area contributed by atoms with Gasteiger partial charge in [-0.15, -0.1) is 0 Å². The van der Waals surface area contributed by atoms with Crippen LogP contribution in [-0.2, 0) is 10.0 Å². The van der Waals surface area contributed by atoms with Crippen molar-refractivity contribution < 1.29 is 13.2 Å². The zero-order valence-electron chi connectivity index (χ0n) is 11.5. The Balaban J connectivity index is 2.19. The summed E-state index contributed by atoms with van der Waals surface area (Å²) < 4.78 is 32.5. The van der Waals surface area contributed by atoms with Crippen LogP contribution in [0.3, 0.4) is 0 Å². The largest absolute Gasteiger partial charge is 0.497 e. The topological polar surface area (TPSA) is 58.6 Å². The van der Waals surface area contributed by atoms with E-state index in [0.717, 1.165) is 19.5 Å². The number of hydrogen-bond donors (Lipinski definition) is 1. The lowest BCUT2D eigenvalue weighted by Gasteiger charge is -2.15. The lowest BCUT2D eigenvalue weighted by atomic mass is 10.2. The lowest BCUT2D eigenvalue weighted by Crippen LogP contribution is -2.36. The number of hydrogen-bond acceptors (Lipinski definition) is 4. The van der Waals surface area contributed by atoms with E-state index in [1.807, 2.05) is 7.05 Å². The molecule has 1 aliphatic heterocycles. The fourth-order valence-corrected chi connectivity index (χ4v) is 3.85. The number of ether oxygens (including phenoxy) is 1. The molecule has 5 nitrogen and oxygen atoms in total. The van der Waals surface area contributed by atoms with E-state index in [9.17, 15) is 8.42 Å². The molecule has 0 spiro atoms. The standard InChI is InChI=1S/C13H20N2O3S/c1-10-8-12(18-3)4-5-13(10)19(16,17)14-11-6-7-15(2)9-11/h4-5,8,11,14H,6-7,9H2,1-3H3. The second-order valence-corrected chi connectivity index (χ2v) is 6.68. The molecule has 0 amide bonds. The van der Waals surface area contributed by atoms with Gasteiger partial charge in [0.05, 0.1) is 12.0 Å².